The molecular formula is C16H24N4O2. The van der Waals surface area contributed by atoms with Gasteiger partial charge in [-0.1, -0.05) is 0 Å². The zero-order chi connectivity index (χ0) is 15.6. The van der Waals surface area contributed by atoms with Crippen molar-refractivity contribution in [3.63, 3.8) is 0 Å². The molecule has 2 aliphatic rings. The Hall–Kier alpha value is -1.69. The van der Waals surface area contributed by atoms with Crippen LogP contribution in [0.5, 0.6) is 0 Å². The first kappa shape index (κ1) is 15.2. The minimum absolute atomic E-state index is 0.0854. The number of ether oxygens (including phenoxy) is 1. The number of hydrogen-bond donors (Lipinski definition) is 0. The van der Waals surface area contributed by atoms with Gasteiger partial charge in [0.15, 0.2) is 0 Å². The molecule has 1 spiro atoms. The maximum atomic E-state index is 11.6. The van der Waals surface area contributed by atoms with Gasteiger partial charge in [-0.05, 0) is 31.7 Å². The Kier molecular flexibility index (Phi) is 4.29. The van der Waals surface area contributed by atoms with E-state index in [9.17, 15) is 4.79 Å². The smallest absolute Gasteiger partial charge is 0.225 e. The average Bonchev–Trinajstić information content (AvgIpc) is 2.56. The van der Waals surface area contributed by atoms with Gasteiger partial charge in [0.05, 0.1) is 5.60 Å². The fourth-order valence-corrected chi connectivity index (χ4v) is 3.51. The van der Waals surface area contributed by atoms with E-state index < -0.39 is 0 Å². The third kappa shape index (κ3) is 3.06. The van der Waals surface area contributed by atoms with Crippen LogP contribution in [-0.4, -0.2) is 59.2 Å². The summed E-state index contributed by atoms with van der Waals surface area (Å²) in [7, 11) is 1.90. The zero-order valence-electron chi connectivity index (χ0n) is 13.4. The monoisotopic (exact) mass is 304 g/mol. The Morgan fingerprint density at radius 3 is 2.68 bits per heavy atom. The molecule has 0 radical (unpaired) electrons. The lowest BCUT2D eigenvalue weighted by Gasteiger charge is -2.47. The van der Waals surface area contributed by atoms with E-state index in [0.29, 0.717) is 6.04 Å². The van der Waals surface area contributed by atoms with Crippen molar-refractivity contribution in [2.24, 2.45) is 0 Å². The van der Waals surface area contributed by atoms with Crippen LogP contribution in [0.2, 0.25) is 0 Å². The minimum atomic E-state index is -0.0854. The molecule has 22 heavy (non-hydrogen) atoms. The summed E-state index contributed by atoms with van der Waals surface area (Å²) in [6.45, 7) is 4.18. The quantitative estimate of drug-likeness (QED) is 0.828. The summed E-state index contributed by atoms with van der Waals surface area (Å²) >= 11 is 0. The van der Waals surface area contributed by atoms with Crippen LogP contribution in [0.15, 0.2) is 18.5 Å². The number of amides is 1. The Morgan fingerprint density at radius 2 is 2.05 bits per heavy atom. The molecule has 2 saturated heterocycles. The second kappa shape index (κ2) is 6.20. The molecule has 6 nitrogen and oxygen atoms in total. The fraction of sp³-hybridized carbons (Fsp3) is 0.688. The molecule has 0 bridgehead atoms. The van der Waals surface area contributed by atoms with Crippen molar-refractivity contribution >= 4 is 11.9 Å². The predicted octanol–water partition coefficient (Wildman–Crippen LogP) is 1.47. The van der Waals surface area contributed by atoms with Gasteiger partial charge in [0, 0.05) is 52.1 Å². The number of anilines is 1. The lowest BCUT2D eigenvalue weighted by molar-refractivity contribution is -0.141. The molecule has 2 fully saturated rings. The molecule has 1 aromatic rings. The van der Waals surface area contributed by atoms with Crippen LogP contribution in [0, 0.1) is 0 Å². The van der Waals surface area contributed by atoms with E-state index in [1.807, 2.05) is 18.0 Å². The highest BCUT2D eigenvalue weighted by molar-refractivity contribution is 5.73. The minimum Gasteiger partial charge on any atom is -0.375 e. The van der Waals surface area contributed by atoms with Gasteiger partial charge in [0.1, 0.15) is 0 Å². The van der Waals surface area contributed by atoms with Crippen molar-refractivity contribution in [1.29, 1.82) is 0 Å². The third-order valence-electron chi connectivity index (χ3n) is 5.02. The molecule has 2 aliphatic heterocycles. The summed E-state index contributed by atoms with van der Waals surface area (Å²) in [6, 6.07) is 2.13. The molecule has 0 aliphatic carbocycles. The van der Waals surface area contributed by atoms with Crippen LogP contribution in [0.3, 0.4) is 0 Å². The highest BCUT2D eigenvalue weighted by Crippen LogP contribution is 2.37. The van der Waals surface area contributed by atoms with E-state index in [-0.39, 0.29) is 11.5 Å². The number of piperidine rings is 1. The normalized spacial score (nSPS) is 24.3. The second-order valence-electron chi connectivity index (χ2n) is 6.34. The maximum Gasteiger partial charge on any atom is 0.225 e. The van der Waals surface area contributed by atoms with E-state index in [0.717, 1.165) is 51.3 Å². The van der Waals surface area contributed by atoms with E-state index in [1.54, 1.807) is 19.3 Å². The van der Waals surface area contributed by atoms with E-state index in [4.69, 9.17) is 4.74 Å². The third-order valence-corrected chi connectivity index (χ3v) is 5.02. The van der Waals surface area contributed by atoms with E-state index in [1.165, 1.54) is 0 Å². The highest BCUT2D eigenvalue weighted by atomic mass is 16.5. The summed E-state index contributed by atoms with van der Waals surface area (Å²) < 4.78 is 6.15. The highest BCUT2D eigenvalue weighted by Gasteiger charge is 2.42. The zero-order valence-corrected chi connectivity index (χ0v) is 13.4. The van der Waals surface area contributed by atoms with Crippen LogP contribution >= 0.6 is 0 Å². The van der Waals surface area contributed by atoms with E-state index >= 15 is 0 Å². The number of nitrogens with zero attached hydrogens (tertiary/aromatic N) is 4. The number of rotatable bonds is 2. The molecule has 1 aromatic heterocycles. The van der Waals surface area contributed by atoms with Gasteiger partial charge < -0.3 is 14.5 Å². The number of carbonyl (C=O) groups excluding carboxylic acids is 1. The molecule has 0 unspecified atom stereocenters. The molecular weight excluding hydrogens is 280 g/mol. The van der Waals surface area contributed by atoms with Crippen molar-refractivity contribution in [3.05, 3.63) is 18.5 Å². The predicted molar refractivity (Wildman–Crippen MR) is 83.6 cm³/mol. The summed E-state index contributed by atoms with van der Waals surface area (Å²) in [6.07, 6.45) is 7.36. The molecule has 0 N–H and O–H groups in total. The van der Waals surface area contributed by atoms with Crippen LogP contribution in [-0.2, 0) is 9.53 Å². The molecule has 0 saturated carbocycles. The van der Waals surface area contributed by atoms with Gasteiger partial charge in [-0.15, -0.1) is 0 Å². The SMILES string of the molecule is CC(=O)N(C)[C@@H]1CCOC2(CCN(c3ncccn3)CC2)C1. The Morgan fingerprint density at radius 1 is 1.36 bits per heavy atom. The maximum absolute atomic E-state index is 11.6. The van der Waals surface area contributed by atoms with Gasteiger partial charge in [0.25, 0.3) is 0 Å². The first-order valence-electron chi connectivity index (χ1n) is 7.99. The number of carbonyl (C=O) groups is 1. The second-order valence-corrected chi connectivity index (χ2v) is 6.34. The molecule has 6 heteroatoms. The topological polar surface area (TPSA) is 58.6 Å². The largest absolute Gasteiger partial charge is 0.375 e. The van der Waals surface area contributed by atoms with Crippen LogP contribution < -0.4 is 4.90 Å². The Balaban J connectivity index is 1.63. The summed E-state index contributed by atoms with van der Waals surface area (Å²) in [5, 5.41) is 0. The van der Waals surface area contributed by atoms with Gasteiger partial charge in [-0.3, -0.25) is 4.79 Å². The van der Waals surface area contributed by atoms with Gasteiger partial charge >= 0.3 is 0 Å². The van der Waals surface area contributed by atoms with Crippen molar-refractivity contribution in [1.82, 2.24) is 14.9 Å². The van der Waals surface area contributed by atoms with Crippen LogP contribution in [0.25, 0.3) is 0 Å². The fourth-order valence-electron chi connectivity index (χ4n) is 3.51. The lowest BCUT2D eigenvalue weighted by Crippen LogP contribution is -2.54. The van der Waals surface area contributed by atoms with Gasteiger partial charge in [-0.2, -0.15) is 0 Å². The number of aromatic nitrogens is 2. The van der Waals surface area contributed by atoms with Crippen molar-refractivity contribution in [2.75, 3.05) is 31.6 Å². The summed E-state index contributed by atoms with van der Waals surface area (Å²) in [5.41, 5.74) is -0.0854. The molecule has 0 aromatic carbocycles. The van der Waals surface area contributed by atoms with Crippen molar-refractivity contribution in [3.8, 4) is 0 Å². The molecule has 1 amide bonds. The summed E-state index contributed by atoms with van der Waals surface area (Å²) in [4.78, 5) is 24.3. The summed E-state index contributed by atoms with van der Waals surface area (Å²) in [5.74, 6) is 0.933. The molecule has 3 rings (SSSR count). The van der Waals surface area contributed by atoms with E-state index in [2.05, 4.69) is 14.9 Å². The van der Waals surface area contributed by atoms with Crippen LogP contribution in [0.1, 0.15) is 32.6 Å². The van der Waals surface area contributed by atoms with Gasteiger partial charge in [-0.25, -0.2) is 9.97 Å². The molecule has 1 atom stereocenters. The standard InChI is InChI=1S/C16H24N4O2/c1-13(21)19(2)14-4-11-22-16(12-14)5-9-20(10-6-16)15-17-7-3-8-18-15/h3,7-8,14H,4-6,9-12H2,1-2H3/t14-/m1/s1. The lowest BCUT2D eigenvalue weighted by atomic mass is 9.82. The number of hydrogen-bond acceptors (Lipinski definition) is 5. The average molecular weight is 304 g/mol. The van der Waals surface area contributed by atoms with Crippen molar-refractivity contribution in [2.45, 2.75) is 44.2 Å². The molecule has 120 valence electrons. The molecule has 3 heterocycles. The first-order valence-corrected chi connectivity index (χ1v) is 7.99. The van der Waals surface area contributed by atoms with Gasteiger partial charge in [0.2, 0.25) is 11.9 Å². The Bertz CT molecular complexity index is 514. The Labute approximate surface area is 131 Å². The van der Waals surface area contributed by atoms with Crippen LogP contribution in [0.4, 0.5) is 5.95 Å². The first-order chi connectivity index (χ1) is 10.6. The van der Waals surface area contributed by atoms with Crippen molar-refractivity contribution < 1.29 is 9.53 Å².